The average molecular weight is 469 g/mol. The second kappa shape index (κ2) is 9.84. The number of nitrogens with zero attached hydrogens (tertiary/aromatic N) is 2. The average Bonchev–Trinajstić information content (AvgIpc) is 2.71. The minimum absolute atomic E-state index is 0.286. The lowest BCUT2D eigenvalue weighted by molar-refractivity contribution is 0.0730. The lowest BCUT2D eigenvalue weighted by atomic mass is 10.2. The summed E-state index contributed by atoms with van der Waals surface area (Å²) in [5.41, 5.74) is 1.24. The van der Waals surface area contributed by atoms with Crippen LogP contribution in [-0.2, 0) is 21.3 Å². The molecular formula is C20H25BrN2O4S. The summed E-state index contributed by atoms with van der Waals surface area (Å²) >= 11 is 3.44. The van der Waals surface area contributed by atoms with E-state index in [0.717, 1.165) is 17.6 Å². The lowest BCUT2D eigenvalue weighted by Crippen LogP contribution is -2.40. The van der Waals surface area contributed by atoms with E-state index in [4.69, 9.17) is 9.47 Å². The first-order valence-corrected chi connectivity index (χ1v) is 11.4. The Morgan fingerprint density at radius 1 is 1.07 bits per heavy atom. The SMILES string of the molecule is CN(CCOc1ccc(S(=O)(=O)N2CCOCC2)cc1)Cc1ccc(Br)cc1. The Morgan fingerprint density at radius 2 is 1.71 bits per heavy atom. The Kier molecular flexibility index (Phi) is 7.48. The lowest BCUT2D eigenvalue weighted by Gasteiger charge is -2.26. The van der Waals surface area contributed by atoms with Crippen molar-refractivity contribution in [1.29, 1.82) is 0 Å². The molecule has 1 aliphatic heterocycles. The molecule has 0 spiro atoms. The molecule has 28 heavy (non-hydrogen) atoms. The topological polar surface area (TPSA) is 59.1 Å². The summed E-state index contributed by atoms with van der Waals surface area (Å²) in [5.74, 6) is 0.665. The monoisotopic (exact) mass is 468 g/mol. The maximum atomic E-state index is 12.6. The van der Waals surface area contributed by atoms with Gasteiger partial charge in [-0.15, -0.1) is 0 Å². The molecule has 0 unspecified atom stereocenters. The van der Waals surface area contributed by atoms with Crippen LogP contribution in [0.1, 0.15) is 5.56 Å². The van der Waals surface area contributed by atoms with Crippen LogP contribution in [0.4, 0.5) is 0 Å². The van der Waals surface area contributed by atoms with Gasteiger partial charge >= 0.3 is 0 Å². The van der Waals surface area contributed by atoms with Gasteiger partial charge in [0.1, 0.15) is 12.4 Å². The number of sulfonamides is 1. The summed E-state index contributed by atoms with van der Waals surface area (Å²) in [5, 5.41) is 0. The van der Waals surface area contributed by atoms with Crippen LogP contribution in [0.25, 0.3) is 0 Å². The maximum absolute atomic E-state index is 12.6. The summed E-state index contributed by atoms with van der Waals surface area (Å²) in [7, 11) is -1.42. The fourth-order valence-electron chi connectivity index (χ4n) is 2.94. The van der Waals surface area contributed by atoms with Crippen molar-refractivity contribution in [1.82, 2.24) is 9.21 Å². The van der Waals surface area contributed by atoms with E-state index in [0.29, 0.717) is 38.7 Å². The number of hydrogen-bond acceptors (Lipinski definition) is 5. The van der Waals surface area contributed by atoms with Gasteiger partial charge in [-0.2, -0.15) is 4.31 Å². The first-order chi connectivity index (χ1) is 13.4. The Morgan fingerprint density at radius 3 is 2.36 bits per heavy atom. The Labute approximate surface area is 175 Å². The van der Waals surface area contributed by atoms with E-state index in [2.05, 4.69) is 33.0 Å². The van der Waals surface area contributed by atoms with Crippen molar-refractivity contribution in [3.05, 3.63) is 58.6 Å². The summed E-state index contributed by atoms with van der Waals surface area (Å²) in [4.78, 5) is 2.47. The third-order valence-corrected chi connectivity index (χ3v) is 6.98. The highest BCUT2D eigenvalue weighted by atomic mass is 79.9. The van der Waals surface area contributed by atoms with Gasteiger partial charge in [0.15, 0.2) is 0 Å². The van der Waals surface area contributed by atoms with Gasteiger partial charge in [0, 0.05) is 30.7 Å². The molecule has 1 saturated heterocycles. The second-order valence-electron chi connectivity index (χ2n) is 6.70. The Balaban J connectivity index is 1.48. The third kappa shape index (κ3) is 5.78. The van der Waals surface area contributed by atoms with Gasteiger partial charge in [-0.05, 0) is 49.0 Å². The summed E-state index contributed by atoms with van der Waals surface area (Å²) in [6, 6.07) is 14.9. The quantitative estimate of drug-likeness (QED) is 0.595. The van der Waals surface area contributed by atoms with Gasteiger partial charge in [-0.1, -0.05) is 28.1 Å². The van der Waals surface area contributed by atoms with Gasteiger partial charge < -0.3 is 9.47 Å². The maximum Gasteiger partial charge on any atom is 0.243 e. The molecule has 0 aliphatic carbocycles. The summed E-state index contributed by atoms with van der Waals surface area (Å²) in [6.07, 6.45) is 0. The van der Waals surface area contributed by atoms with Crippen molar-refractivity contribution >= 4 is 26.0 Å². The first kappa shape index (κ1) is 21.3. The molecule has 2 aromatic rings. The van der Waals surface area contributed by atoms with Crippen LogP contribution in [-0.4, -0.2) is 64.1 Å². The van der Waals surface area contributed by atoms with Crippen LogP contribution in [0, 0.1) is 0 Å². The highest BCUT2D eigenvalue weighted by Crippen LogP contribution is 2.20. The van der Waals surface area contributed by atoms with Crippen molar-refractivity contribution in [2.45, 2.75) is 11.4 Å². The van der Waals surface area contributed by atoms with Crippen LogP contribution in [0.2, 0.25) is 0 Å². The van der Waals surface area contributed by atoms with E-state index in [1.807, 2.05) is 19.2 Å². The minimum Gasteiger partial charge on any atom is -0.492 e. The molecular weight excluding hydrogens is 444 g/mol. The highest BCUT2D eigenvalue weighted by Gasteiger charge is 2.26. The number of halogens is 1. The molecule has 0 atom stereocenters. The van der Waals surface area contributed by atoms with Gasteiger partial charge in [0.25, 0.3) is 0 Å². The summed E-state index contributed by atoms with van der Waals surface area (Å²) < 4.78 is 38.8. The van der Waals surface area contributed by atoms with Crippen LogP contribution < -0.4 is 4.74 Å². The molecule has 3 rings (SSSR count). The van der Waals surface area contributed by atoms with Gasteiger partial charge in [0.2, 0.25) is 10.0 Å². The second-order valence-corrected chi connectivity index (χ2v) is 9.55. The zero-order chi connectivity index (χ0) is 20.0. The summed E-state index contributed by atoms with van der Waals surface area (Å²) in [6.45, 7) is 3.80. The van der Waals surface area contributed by atoms with E-state index in [1.165, 1.54) is 9.87 Å². The van der Waals surface area contributed by atoms with E-state index >= 15 is 0 Å². The first-order valence-electron chi connectivity index (χ1n) is 9.19. The number of rotatable bonds is 8. The van der Waals surface area contributed by atoms with E-state index in [-0.39, 0.29) is 4.90 Å². The molecule has 0 saturated carbocycles. The normalized spacial score (nSPS) is 15.7. The van der Waals surface area contributed by atoms with E-state index < -0.39 is 10.0 Å². The molecule has 8 heteroatoms. The molecule has 0 bridgehead atoms. The predicted octanol–water partition coefficient (Wildman–Crippen LogP) is 2.98. The fraction of sp³-hybridized carbons (Fsp3) is 0.400. The molecule has 2 aromatic carbocycles. The van der Waals surface area contributed by atoms with Crippen molar-refractivity contribution in [2.24, 2.45) is 0 Å². The van der Waals surface area contributed by atoms with Crippen molar-refractivity contribution in [3.8, 4) is 5.75 Å². The zero-order valence-corrected chi connectivity index (χ0v) is 18.3. The van der Waals surface area contributed by atoms with Crippen molar-refractivity contribution in [2.75, 3.05) is 46.5 Å². The highest BCUT2D eigenvalue weighted by molar-refractivity contribution is 9.10. The number of morpholine rings is 1. The minimum atomic E-state index is -3.46. The van der Waals surface area contributed by atoms with Gasteiger partial charge in [-0.25, -0.2) is 8.42 Å². The molecule has 152 valence electrons. The van der Waals surface area contributed by atoms with Gasteiger partial charge in [-0.3, -0.25) is 4.90 Å². The molecule has 1 aliphatic rings. The van der Waals surface area contributed by atoms with Gasteiger partial charge in [0.05, 0.1) is 18.1 Å². The number of likely N-dealkylation sites (N-methyl/N-ethyl adjacent to an activating group) is 1. The van der Waals surface area contributed by atoms with Crippen molar-refractivity contribution in [3.63, 3.8) is 0 Å². The molecule has 1 heterocycles. The Hall–Kier alpha value is -1.45. The third-order valence-electron chi connectivity index (χ3n) is 4.54. The molecule has 0 aromatic heterocycles. The molecule has 6 nitrogen and oxygen atoms in total. The predicted molar refractivity (Wildman–Crippen MR) is 112 cm³/mol. The molecule has 0 N–H and O–H groups in total. The molecule has 1 fully saturated rings. The van der Waals surface area contributed by atoms with Crippen LogP contribution >= 0.6 is 15.9 Å². The van der Waals surface area contributed by atoms with Crippen LogP contribution in [0.5, 0.6) is 5.75 Å². The van der Waals surface area contributed by atoms with E-state index in [9.17, 15) is 8.42 Å². The number of benzene rings is 2. The largest absolute Gasteiger partial charge is 0.492 e. The van der Waals surface area contributed by atoms with E-state index in [1.54, 1.807) is 24.3 Å². The molecule has 0 radical (unpaired) electrons. The van der Waals surface area contributed by atoms with Crippen molar-refractivity contribution < 1.29 is 17.9 Å². The van der Waals surface area contributed by atoms with Crippen LogP contribution in [0.15, 0.2) is 57.9 Å². The fourth-order valence-corrected chi connectivity index (χ4v) is 4.62. The number of ether oxygens (including phenoxy) is 2. The Bertz CT molecular complexity index is 851. The number of hydrogen-bond donors (Lipinski definition) is 0. The zero-order valence-electron chi connectivity index (χ0n) is 15.9. The smallest absolute Gasteiger partial charge is 0.243 e. The molecule has 0 amide bonds. The standard InChI is InChI=1S/C20H25BrN2O4S/c1-22(16-17-2-4-18(21)5-3-17)10-15-27-19-6-8-20(9-7-19)28(24,25)23-11-13-26-14-12-23/h2-9H,10-16H2,1H3. The van der Waals surface area contributed by atoms with Crippen LogP contribution in [0.3, 0.4) is 0 Å².